The van der Waals surface area contributed by atoms with Crippen molar-refractivity contribution >= 4 is 22.6 Å². The molecule has 1 aromatic heterocycles. The topological polar surface area (TPSA) is 64.8 Å². The zero-order valence-corrected chi connectivity index (χ0v) is 14.5. The number of esters is 1. The van der Waals surface area contributed by atoms with E-state index in [1.165, 1.54) is 18.6 Å². The van der Waals surface area contributed by atoms with Gasteiger partial charge >= 0.3 is 16.9 Å². The molecular formula is C16H20N3O4S+. The van der Waals surface area contributed by atoms with Gasteiger partial charge in [0.05, 0.1) is 33.0 Å². The Labute approximate surface area is 144 Å². The van der Waals surface area contributed by atoms with Gasteiger partial charge in [-0.15, -0.1) is 0 Å². The summed E-state index contributed by atoms with van der Waals surface area (Å²) in [5, 5.41) is 0.882. The number of hydrogen-bond acceptors (Lipinski definition) is 7. The zero-order chi connectivity index (χ0) is 16.9. The predicted molar refractivity (Wildman–Crippen MR) is 89.3 cm³/mol. The molecular weight excluding hydrogens is 330 g/mol. The first-order valence-electron chi connectivity index (χ1n) is 7.66. The van der Waals surface area contributed by atoms with Crippen molar-refractivity contribution in [2.75, 3.05) is 45.4 Å². The Morgan fingerprint density at radius 1 is 1.29 bits per heavy atom. The van der Waals surface area contributed by atoms with Gasteiger partial charge in [0.1, 0.15) is 17.3 Å². The Morgan fingerprint density at radius 2 is 2.00 bits per heavy atom. The van der Waals surface area contributed by atoms with Gasteiger partial charge in [0, 0.05) is 13.1 Å². The van der Waals surface area contributed by atoms with Crippen molar-refractivity contribution in [3.8, 4) is 17.1 Å². The van der Waals surface area contributed by atoms with Gasteiger partial charge in [-0.25, -0.2) is 4.79 Å². The maximum Gasteiger partial charge on any atom is 0.349 e. The molecule has 1 aliphatic rings. The molecule has 1 aromatic carbocycles. The van der Waals surface area contributed by atoms with Crippen LogP contribution in [-0.2, 0) is 20.8 Å². The highest BCUT2D eigenvalue weighted by Gasteiger charge is 2.29. The number of ether oxygens (including phenoxy) is 3. The maximum atomic E-state index is 11.7. The van der Waals surface area contributed by atoms with Crippen molar-refractivity contribution in [2.24, 2.45) is 0 Å². The third-order valence-electron chi connectivity index (χ3n) is 3.76. The lowest BCUT2D eigenvalue weighted by Gasteiger charge is -2.23. The third kappa shape index (κ3) is 3.65. The van der Waals surface area contributed by atoms with Crippen LogP contribution in [0.15, 0.2) is 24.3 Å². The van der Waals surface area contributed by atoms with E-state index in [-0.39, 0.29) is 12.5 Å². The summed E-state index contributed by atoms with van der Waals surface area (Å²) < 4.78 is 17.2. The van der Waals surface area contributed by atoms with Crippen LogP contribution in [0.2, 0.25) is 0 Å². The Kier molecular flexibility index (Phi) is 5.27. The molecule has 1 aliphatic heterocycles. The highest BCUT2D eigenvalue weighted by molar-refractivity contribution is 7.06. The molecule has 0 amide bonds. The van der Waals surface area contributed by atoms with Crippen LogP contribution < -0.4 is 13.6 Å². The van der Waals surface area contributed by atoms with Crippen LogP contribution in [-0.4, -0.2) is 51.5 Å². The van der Waals surface area contributed by atoms with Crippen LogP contribution in [0.1, 0.15) is 0 Å². The fourth-order valence-electron chi connectivity index (χ4n) is 2.43. The van der Waals surface area contributed by atoms with Crippen molar-refractivity contribution in [1.82, 2.24) is 4.98 Å². The van der Waals surface area contributed by atoms with E-state index in [9.17, 15) is 4.79 Å². The standard InChI is InChI=1S/C16H20N3O4S/c1-21-13-5-3-12(4-6-13)15-17-16(18-7-9-23-10-8-18)24-19(15)11-14(20)22-2/h3-6H,7-11H2,1-2H3/q+1. The van der Waals surface area contributed by atoms with Crippen molar-refractivity contribution in [2.45, 2.75) is 6.54 Å². The largest absolute Gasteiger partial charge is 0.497 e. The highest BCUT2D eigenvalue weighted by Crippen LogP contribution is 2.25. The number of morpholine rings is 1. The van der Waals surface area contributed by atoms with Gasteiger partial charge in [0.15, 0.2) is 6.54 Å². The minimum Gasteiger partial charge on any atom is -0.497 e. The number of aromatic nitrogens is 2. The normalized spacial score (nSPS) is 14.5. The van der Waals surface area contributed by atoms with Gasteiger partial charge in [0.25, 0.3) is 0 Å². The molecule has 0 unspecified atom stereocenters. The molecule has 0 spiro atoms. The molecule has 1 saturated heterocycles. The molecule has 1 fully saturated rings. The van der Waals surface area contributed by atoms with Crippen molar-refractivity contribution < 1.29 is 23.0 Å². The highest BCUT2D eigenvalue weighted by atomic mass is 32.1. The summed E-state index contributed by atoms with van der Waals surface area (Å²) in [6.45, 7) is 3.12. The minimum atomic E-state index is -0.299. The summed E-state index contributed by atoms with van der Waals surface area (Å²) in [4.78, 5) is 18.7. The molecule has 0 bridgehead atoms. The Bertz CT molecular complexity index is 696. The third-order valence-corrected chi connectivity index (χ3v) is 4.80. The van der Waals surface area contributed by atoms with Gasteiger partial charge in [-0.1, -0.05) is 0 Å². The maximum absolute atomic E-state index is 11.7. The Morgan fingerprint density at radius 3 is 2.62 bits per heavy atom. The first-order chi connectivity index (χ1) is 11.7. The van der Waals surface area contributed by atoms with Gasteiger partial charge in [-0.3, -0.25) is 0 Å². The zero-order valence-electron chi connectivity index (χ0n) is 13.7. The van der Waals surface area contributed by atoms with Crippen LogP contribution in [0.4, 0.5) is 5.13 Å². The summed E-state index contributed by atoms with van der Waals surface area (Å²) in [5.41, 5.74) is 0.926. The lowest BCUT2D eigenvalue weighted by molar-refractivity contribution is -0.608. The molecule has 24 heavy (non-hydrogen) atoms. The van der Waals surface area contributed by atoms with Crippen molar-refractivity contribution in [3.63, 3.8) is 0 Å². The fourth-order valence-corrected chi connectivity index (χ4v) is 3.45. The van der Waals surface area contributed by atoms with E-state index in [0.717, 1.165) is 35.4 Å². The summed E-state index contributed by atoms with van der Waals surface area (Å²) in [6.07, 6.45) is 0. The number of rotatable bonds is 5. The number of carbonyl (C=O) groups excluding carboxylic acids is 1. The molecule has 128 valence electrons. The van der Waals surface area contributed by atoms with Crippen LogP contribution in [0, 0.1) is 0 Å². The minimum absolute atomic E-state index is 0.139. The molecule has 7 nitrogen and oxygen atoms in total. The monoisotopic (exact) mass is 350 g/mol. The van der Waals surface area contributed by atoms with Gasteiger partial charge in [0.2, 0.25) is 0 Å². The van der Waals surface area contributed by atoms with Crippen molar-refractivity contribution in [3.05, 3.63) is 24.3 Å². The molecule has 8 heteroatoms. The SMILES string of the molecule is COC(=O)C[n+]1sc(N2CCOCC2)nc1-c1ccc(OC)cc1. The van der Waals surface area contributed by atoms with Gasteiger partial charge in [-0.2, -0.15) is 3.96 Å². The number of methoxy groups -OCH3 is 2. The van der Waals surface area contributed by atoms with E-state index >= 15 is 0 Å². The molecule has 0 aliphatic carbocycles. The van der Waals surface area contributed by atoms with Gasteiger partial charge in [-0.05, 0) is 29.2 Å². The molecule has 0 N–H and O–H groups in total. The number of hydrogen-bond donors (Lipinski definition) is 0. The molecule has 0 radical (unpaired) electrons. The number of carbonyl (C=O) groups is 1. The second kappa shape index (κ2) is 7.59. The van der Waals surface area contributed by atoms with Gasteiger partial charge < -0.3 is 19.1 Å². The lowest BCUT2D eigenvalue weighted by atomic mass is 10.2. The number of benzene rings is 1. The summed E-state index contributed by atoms with van der Waals surface area (Å²) in [5.74, 6) is 1.23. The molecule has 0 saturated carbocycles. The summed E-state index contributed by atoms with van der Waals surface area (Å²) in [7, 11) is 3.02. The first kappa shape index (κ1) is 16.7. The molecule has 2 heterocycles. The average molecular weight is 350 g/mol. The lowest BCUT2D eigenvalue weighted by Crippen LogP contribution is -2.37. The quantitative estimate of drug-likeness (QED) is 0.595. The molecule has 3 rings (SSSR count). The number of nitrogens with zero attached hydrogens (tertiary/aromatic N) is 3. The second-order valence-electron chi connectivity index (χ2n) is 5.25. The summed E-state index contributed by atoms with van der Waals surface area (Å²) >= 11 is 1.46. The smallest absolute Gasteiger partial charge is 0.349 e. The Hall–Kier alpha value is -2.19. The van der Waals surface area contributed by atoms with Crippen LogP contribution in [0.3, 0.4) is 0 Å². The van der Waals surface area contributed by atoms with E-state index in [1.807, 2.05) is 28.2 Å². The van der Waals surface area contributed by atoms with E-state index in [0.29, 0.717) is 13.2 Å². The van der Waals surface area contributed by atoms with E-state index in [2.05, 4.69) is 4.90 Å². The number of anilines is 1. The van der Waals surface area contributed by atoms with Crippen LogP contribution >= 0.6 is 11.5 Å². The average Bonchev–Trinajstić information content (AvgIpc) is 3.06. The molecule has 2 aromatic rings. The van der Waals surface area contributed by atoms with Crippen LogP contribution in [0.5, 0.6) is 5.75 Å². The second-order valence-corrected chi connectivity index (χ2v) is 6.24. The van der Waals surface area contributed by atoms with E-state index in [1.54, 1.807) is 7.11 Å². The summed E-state index contributed by atoms with van der Waals surface area (Å²) in [6, 6.07) is 7.63. The van der Waals surface area contributed by atoms with Crippen molar-refractivity contribution in [1.29, 1.82) is 0 Å². The van der Waals surface area contributed by atoms with Crippen LogP contribution in [0.25, 0.3) is 11.4 Å². The molecule has 0 atom stereocenters. The van der Waals surface area contributed by atoms with E-state index in [4.69, 9.17) is 19.2 Å². The Balaban J connectivity index is 1.94. The van der Waals surface area contributed by atoms with E-state index < -0.39 is 0 Å². The first-order valence-corrected chi connectivity index (χ1v) is 8.43. The fraction of sp³-hybridized carbons (Fsp3) is 0.438. The predicted octanol–water partition coefficient (Wildman–Crippen LogP) is 1.12.